The molecule has 0 amide bonds. The van der Waals surface area contributed by atoms with Crippen LogP contribution in [0, 0.1) is 0 Å². The highest BCUT2D eigenvalue weighted by Crippen LogP contribution is 2.39. The average molecular weight is 269 g/mol. The summed E-state index contributed by atoms with van der Waals surface area (Å²) in [6.45, 7) is 1.55. The number of rotatable bonds is 3. The summed E-state index contributed by atoms with van der Waals surface area (Å²) in [5.74, 6) is 1.01. The van der Waals surface area contributed by atoms with Gasteiger partial charge in [0.05, 0.1) is 16.6 Å². The van der Waals surface area contributed by atoms with E-state index in [-0.39, 0.29) is 11.3 Å². The van der Waals surface area contributed by atoms with Gasteiger partial charge in [-0.25, -0.2) is 4.98 Å². The van der Waals surface area contributed by atoms with Gasteiger partial charge in [0.25, 0.3) is 0 Å². The Morgan fingerprint density at radius 2 is 2.20 bits per heavy atom. The van der Waals surface area contributed by atoms with Gasteiger partial charge in [-0.2, -0.15) is 0 Å². The second kappa shape index (κ2) is 4.56. The second-order valence-corrected chi connectivity index (χ2v) is 5.70. The molecule has 20 heavy (non-hydrogen) atoms. The Morgan fingerprint density at radius 1 is 1.45 bits per heavy atom. The highest BCUT2D eigenvalue weighted by molar-refractivity contribution is 5.92. The average Bonchev–Trinajstić information content (AvgIpc) is 2.71. The molecule has 0 unspecified atom stereocenters. The number of allylic oxidation sites excluding steroid dienone is 1. The first-order valence-electron chi connectivity index (χ1n) is 6.94. The van der Waals surface area contributed by atoms with E-state index in [1.54, 1.807) is 13.0 Å². The van der Waals surface area contributed by atoms with E-state index >= 15 is 0 Å². The summed E-state index contributed by atoms with van der Waals surface area (Å²) in [4.78, 5) is 15.7. The number of benzene rings is 1. The van der Waals surface area contributed by atoms with Crippen LogP contribution in [0.25, 0.3) is 17.1 Å². The summed E-state index contributed by atoms with van der Waals surface area (Å²) in [6.07, 6.45) is 6.58. The third-order valence-corrected chi connectivity index (χ3v) is 4.11. The van der Waals surface area contributed by atoms with Crippen LogP contribution in [-0.4, -0.2) is 15.3 Å². The fourth-order valence-electron chi connectivity index (χ4n) is 2.75. The molecule has 0 aliphatic heterocycles. The molecule has 1 aromatic carbocycles. The molecule has 0 saturated heterocycles. The number of nitrogens with two attached hydrogens (primary N) is 1. The first kappa shape index (κ1) is 13.1. The monoisotopic (exact) mass is 269 g/mol. The van der Waals surface area contributed by atoms with Crippen molar-refractivity contribution in [3.63, 3.8) is 0 Å². The lowest BCUT2D eigenvalue weighted by Crippen LogP contribution is -2.45. The van der Waals surface area contributed by atoms with Crippen molar-refractivity contribution in [3.05, 3.63) is 35.7 Å². The van der Waals surface area contributed by atoms with Crippen molar-refractivity contribution in [2.45, 2.75) is 31.7 Å². The Kier molecular flexibility index (Phi) is 2.98. The van der Waals surface area contributed by atoms with E-state index in [0.717, 1.165) is 35.3 Å². The predicted octanol–water partition coefficient (Wildman–Crippen LogP) is 2.51. The van der Waals surface area contributed by atoms with Gasteiger partial charge >= 0.3 is 0 Å². The number of hydrogen-bond acceptors (Lipinski definition) is 3. The van der Waals surface area contributed by atoms with Crippen molar-refractivity contribution in [1.82, 2.24) is 9.55 Å². The minimum Gasteiger partial charge on any atom is -0.330 e. The topological polar surface area (TPSA) is 60.9 Å². The SMILES string of the molecule is CC(=O)/C=C/c1ccc2nc(C3(N)CCC3)n(C)c2c1. The zero-order valence-electron chi connectivity index (χ0n) is 11.9. The summed E-state index contributed by atoms with van der Waals surface area (Å²) in [6, 6.07) is 6.01. The lowest BCUT2D eigenvalue weighted by molar-refractivity contribution is -0.112. The molecule has 1 heterocycles. The summed E-state index contributed by atoms with van der Waals surface area (Å²) < 4.78 is 2.08. The summed E-state index contributed by atoms with van der Waals surface area (Å²) in [5.41, 5.74) is 9.14. The number of nitrogens with zero attached hydrogens (tertiary/aromatic N) is 2. The molecule has 0 atom stereocenters. The Balaban J connectivity index is 2.06. The molecular weight excluding hydrogens is 250 g/mol. The van der Waals surface area contributed by atoms with Gasteiger partial charge in [0.1, 0.15) is 5.82 Å². The summed E-state index contributed by atoms with van der Waals surface area (Å²) in [7, 11) is 2.01. The van der Waals surface area contributed by atoms with Gasteiger partial charge in [0.2, 0.25) is 0 Å². The zero-order valence-corrected chi connectivity index (χ0v) is 11.9. The van der Waals surface area contributed by atoms with Gasteiger partial charge < -0.3 is 10.3 Å². The van der Waals surface area contributed by atoms with E-state index in [1.807, 2.05) is 31.3 Å². The quantitative estimate of drug-likeness (QED) is 0.871. The molecule has 3 rings (SSSR count). The number of imidazole rings is 1. The molecule has 2 aromatic rings. The van der Waals surface area contributed by atoms with Crippen LogP contribution in [0.15, 0.2) is 24.3 Å². The van der Waals surface area contributed by atoms with Crippen LogP contribution in [-0.2, 0) is 17.4 Å². The Labute approximate surface area is 118 Å². The third kappa shape index (κ3) is 2.06. The highest BCUT2D eigenvalue weighted by atomic mass is 16.1. The van der Waals surface area contributed by atoms with E-state index < -0.39 is 0 Å². The van der Waals surface area contributed by atoms with E-state index in [1.165, 1.54) is 6.42 Å². The number of carbonyl (C=O) groups excluding carboxylic acids is 1. The molecule has 0 bridgehead atoms. The Hall–Kier alpha value is -1.94. The van der Waals surface area contributed by atoms with Gasteiger partial charge in [-0.05, 0) is 50.0 Å². The van der Waals surface area contributed by atoms with Crippen molar-refractivity contribution < 1.29 is 4.79 Å². The largest absolute Gasteiger partial charge is 0.330 e. The van der Waals surface area contributed by atoms with Crippen LogP contribution >= 0.6 is 0 Å². The van der Waals surface area contributed by atoms with Crippen molar-refractivity contribution in [2.24, 2.45) is 12.8 Å². The molecule has 0 spiro atoms. The van der Waals surface area contributed by atoms with Gasteiger partial charge in [-0.3, -0.25) is 4.79 Å². The van der Waals surface area contributed by atoms with Gasteiger partial charge in [0, 0.05) is 7.05 Å². The third-order valence-electron chi connectivity index (χ3n) is 4.11. The van der Waals surface area contributed by atoms with Crippen LogP contribution in [0.3, 0.4) is 0 Å². The van der Waals surface area contributed by atoms with Crippen LogP contribution < -0.4 is 5.73 Å². The van der Waals surface area contributed by atoms with Crippen LogP contribution in [0.2, 0.25) is 0 Å². The minimum absolute atomic E-state index is 0.0474. The molecule has 2 N–H and O–H groups in total. The number of ketones is 1. The van der Waals surface area contributed by atoms with E-state index in [9.17, 15) is 4.79 Å². The van der Waals surface area contributed by atoms with Crippen LogP contribution in [0.5, 0.6) is 0 Å². The van der Waals surface area contributed by atoms with Crippen LogP contribution in [0.4, 0.5) is 0 Å². The van der Waals surface area contributed by atoms with Gasteiger partial charge in [-0.15, -0.1) is 0 Å². The molecule has 4 nitrogen and oxygen atoms in total. The maximum absolute atomic E-state index is 11.0. The fourth-order valence-corrected chi connectivity index (χ4v) is 2.75. The van der Waals surface area contributed by atoms with E-state index in [2.05, 4.69) is 9.55 Å². The van der Waals surface area contributed by atoms with Crippen molar-refractivity contribution >= 4 is 22.9 Å². The first-order valence-corrected chi connectivity index (χ1v) is 6.94. The minimum atomic E-state index is -0.261. The molecule has 104 valence electrons. The van der Waals surface area contributed by atoms with Gasteiger partial charge in [0.15, 0.2) is 5.78 Å². The smallest absolute Gasteiger partial charge is 0.152 e. The van der Waals surface area contributed by atoms with Crippen LogP contribution in [0.1, 0.15) is 37.6 Å². The number of aromatic nitrogens is 2. The van der Waals surface area contributed by atoms with Gasteiger partial charge in [-0.1, -0.05) is 12.1 Å². The molecule has 1 saturated carbocycles. The molecule has 1 aliphatic carbocycles. The molecular formula is C16H19N3O. The maximum atomic E-state index is 11.0. The molecule has 1 aromatic heterocycles. The fraction of sp³-hybridized carbons (Fsp3) is 0.375. The lowest BCUT2D eigenvalue weighted by atomic mass is 9.77. The summed E-state index contributed by atoms with van der Waals surface area (Å²) >= 11 is 0. The Morgan fingerprint density at radius 3 is 2.80 bits per heavy atom. The molecule has 1 aliphatic rings. The van der Waals surface area contributed by atoms with Crippen molar-refractivity contribution in [1.29, 1.82) is 0 Å². The van der Waals surface area contributed by atoms with E-state index in [4.69, 9.17) is 5.73 Å². The molecule has 4 heteroatoms. The second-order valence-electron chi connectivity index (χ2n) is 5.70. The van der Waals surface area contributed by atoms with Crippen molar-refractivity contribution in [3.8, 4) is 0 Å². The normalized spacial score (nSPS) is 17.6. The lowest BCUT2D eigenvalue weighted by Gasteiger charge is -2.37. The Bertz CT molecular complexity index is 708. The first-order chi connectivity index (χ1) is 9.49. The summed E-state index contributed by atoms with van der Waals surface area (Å²) in [5, 5.41) is 0. The number of aryl methyl sites for hydroxylation is 1. The number of carbonyl (C=O) groups is 1. The van der Waals surface area contributed by atoms with E-state index in [0.29, 0.717) is 0 Å². The molecule has 0 radical (unpaired) electrons. The predicted molar refractivity (Wildman–Crippen MR) is 80.1 cm³/mol. The number of fused-ring (bicyclic) bond motifs is 1. The highest BCUT2D eigenvalue weighted by Gasteiger charge is 2.38. The standard InChI is InChI=1S/C16H19N3O/c1-11(20)4-5-12-6-7-13-14(10-12)19(2)15(18-13)16(17)8-3-9-16/h4-7,10H,3,8-9,17H2,1-2H3/b5-4+. The molecule has 1 fully saturated rings. The number of hydrogen-bond donors (Lipinski definition) is 1. The zero-order chi connectivity index (χ0) is 14.3. The maximum Gasteiger partial charge on any atom is 0.152 e. The van der Waals surface area contributed by atoms with Crippen molar-refractivity contribution in [2.75, 3.05) is 0 Å².